The summed E-state index contributed by atoms with van der Waals surface area (Å²) in [4.78, 5) is 32.8. The number of rotatable bonds is 12. The highest BCUT2D eigenvalue weighted by Gasteiger charge is 2.43. The second-order valence-corrected chi connectivity index (χ2v) is 17.0. The Balaban J connectivity index is 1.51. The van der Waals surface area contributed by atoms with E-state index in [-0.39, 0.29) is 23.8 Å². The number of aromatic nitrogens is 3. The quantitative estimate of drug-likeness (QED) is 0.194. The van der Waals surface area contributed by atoms with E-state index >= 15 is 0 Å². The average Bonchev–Trinajstić information content (AvgIpc) is 3.58. The largest absolute Gasteiger partial charge is 0.490 e. The molecule has 3 aromatic heterocycles. The number of hydrogen-bond donors (Lipinski definition) is 1. The molecule has 202 valence electrons. The van der Waals surface area contributed by atoms with Crippen LogP contribution < -0.4 is 14.8 Å². The minimum Gasteiger partial charge on any atom is -0.490 e. The third-order valence-corrected chi connectivity index (χ3v) is 8.94. The number of amides is 1. The molecular weight excluding hydrogens is 500 g/mol. The number of hydrogen-bond acceptors (Lipinski definition) is 7. The first kappa shape index (κ1) is 26.4. The summed E-state index contributed by atoms with van der Waals surface area (Å²) < 4.78 is 20.0. The number of ether oxygens (including phenoxy) is 3. The van der Waals surface area contributed by atoms with Crippen LogP contribution >= 0.6 is 0 Å². The molecule has 10 heteroatoms. The first-order valence-electron chi connectivity index (χ1n) is 13.3. The Kier molecular flexibility index (Phi) is 7.53. The molecule has 2 unspecified atom stereocenters. The lowest BCUT2D eigenvalue weighted by molar-refractivity contribution is -0.119. The fraction of sp³-hybridized carbons (Fsp3) is 0.500. The summed E-state index contributed by atoms with van der Waals surface area (Å²) in [6, 6.07) is 6.66. The first-order chi connectivity index (χ1) is 18.3. The van der Waals surface area contributed by atoms with Crippen LogP contribution in [-0.2, 0) is 21.1 Å². The molecule has 0 aromatic carbocycles. The fourth-order valence-corrected chi connectivity index (χ4v) is 5.31. The standard InChI is InChI=1S/C28H36N4O5Si/c1-35-28-25(23(10-11-29-28)37-19-6-5-7-19)22-15-32(17-36-12-13-38(2,3)4)26-20(22)8-9-24(30-26)31-27(34)21-14-18(21)16-33/h8-11,15-16,18-19,21H,5-7,12-14,17H2,1-4H3,(H,30,31,34). The molecule has 2 aliphatic carbocycles. The third kappa shape index (κ3) is 5.76. The maximum atomic E-state index is 12.6. The molecule has 2 atom stereocenters. The summed E-state index contributed by atoms with van der Waals surface area (Å²) in [5.74, 6) is 1.00. The number of carbonyl (C=O) groups excluding carboxylic acids is 2. The van der Waals surface area contributed by atoms with Crippen molar-refractivity contribution < 1.29 is 23.8 Å². The number of nitrogens with zero attached hydrogens (tertiary/aromatic N) is 3. The Labute approximate surface area is 223 Å². The lowest BCUT2D eigenvalue weighted by Gasteiger charge is -2.27. The number of fused-ring (bicyclic) bond motifs is 1. The zero-order chi connectivity index (χ0) is 26.9. The van der Waals surface area contributed by atoms with Crippen LogP contribution in [0, 0.1) is 11.8 Å². The monoisotopic (exact) mass is 536 g/mol. The van der Waals surface area contributed by atoms with Gasteiger partial charge in [-0.25, -0.2) is 9.97 Å². The van der Waals surface area contributed by atoms with Gasteiger partial charge in [-0.05, 0) is 49.9 Å². The molecule has 5 rings (SSSR count). The number of pyridine rings is 2. The molecule has 9 nitrogen and oxygen atoms in total. The van der Waals surface area contributed by atoms with Gasteiger partial charge in [0.25, 0.3) is 0 Å². The predicted octanol–water partition coefficient (Wildman–Crippen LogP) is 5.12. The van der Waals surface area contributed by atoms with Crippen LogP contribution in [0.1, 0.15) is 25.7 Å². The van der Waals surface area contributed by atoms with Crippen LogP contribution in [0.25, 0.3) is 22.2 Å². The maximum Gasteiger partial charge on any atom is 0.229 e. The summed E-state index contributed by atoms with van der Waals surface area (Å²) in [5, 5.41) is 3.75. The van der Waals surface area contributed by atoms with Gasteiger partial charge in [-0.2, -0.15) is 0 Å². The molecule has 0 saturated heterocycles. The first-order valence-corrected chi connectivity index (χ1v) is 17.0. The molecule has 0 bridgehead atoms. The van der Waals surface area contributed by atoms with E-state index < -0.39 is 8.07 Å². The van der Waals surface area contributed by atoms with Gasteiger partial charge in [0.15, 0.2) is 0 Å². The van der Waals surface area contributed by atoms with Crippen LogP contribution in [0.4, 0.5) is 5.82 Å². The molecular formula is C28H36N4O5Si. The van der Waals surface area contributed by atoms with Crippen molar-refractivity contribution in [1.29, 1.82) is 0 Å². The zero-order valence-electron chi connectivity index (χ0n) is 22.5. The number of aldehydes is 1. The number of nitrogens with one attached hydrogen (secondary N) is 1. The van der Waals surface area contributed by atoms with E-state index in [1.807, 2.05) is 22.9 Å². The Bertz CT molecular complexity index is 1330. The summed E-state index contributed by atoms with van der Waals surface area (Å²) in [6.07, 6.45) is 8.56. The molecule has 2 aliphatic rings. The van der Waals surface area contributed by atoms with Crippen molar-refractivity contribution in [2.75, 3.05) is 19.0 Å². The van der Waals surface area contributed by atoms with Gasteiger partial charge < -0.3 is 28.9 Å². The molecule has 0 aliphatic heterocycles. The highest BCUT2D eigenvalue weighted by Crippen LogP contribution is 2.43. The smallest absolute Gasteiger partial charge is 0.229 e. The van der Waals surface area contributed by atoms with Gasteiger partial charge in [-0.1, -0.05) is 19.6 Å². The maximum absolute atomic E-state index is 12.6. The molecule has 3 heterocycles. The lowest BCUT2D eigenvalue weighted by atomic mass is 9.96. The lowest BCUT2D eigenvalue weighted by Crippen LogP contribution is -2.24. The van der Waals surface area contributed by atoms with Gasteiger partial charge in [-0.15, -0.1) is 0 Å². The molecule has 0 radical (unpaired) electrons. The van der Waals surface area contributed by atoms with Crippen molar-refractivity contribution in [3.63, 3.8) is 0 Å². The predicted molar refractivity (Wildman–Crippen MR) is 148 cm³/mol. The van der Waals surface area contributed by atoms with E-state index in [9.17, 15) is 9.59 Å². The van der Waals surface area contributed by atoms with Crippen molar-refractivity contribution in [3.05, 3.63) is 30.6 Å². The van der Waals surface area contributed by atoms with Gasteiger partial charge >= 0.3 is 0 Å². The summed E-state index contributed by atoms with van der Waals surface area (Å²) in [7, 11) is 0.370. The van der Waals surface area contributed by atoms with Gasteiger partial charge in [0.1, 0.15) is 30.2 Å². The van der Waals surface area contributed by atoms with Crippen molar-refractivity contribution in [2.45, 2.75) is 64.2 Å². The van der Waals surface area contributed by atoms with Crippen LogP contribution in [0.3, 0.4) is 0 Å². The van der Waals surface area contributed by atoms with Crippen molar-refractivity contribution in [1.82, 2.24) is 14.5 Å². The van der Waals surface area contributed by atoms with Gasteiger partial charge in [0, 0.05) is 49.9 Å². The number of anilines is 1. The van der Waals surface area contributed by atoms with Crippen LogP contribution in [-0.4, -0.2) is 54.6 Å². The second-order valence-electron chi connectivity index (χ2n) is 11.4. The Morgan fingerprint density at radius 3 is 2.71 bits per heavy atom. The molecule has 2 fully saturated rings. The zero-order valence-corrected chi connectivity index (χ0v) is 23.5. The van der Waals surface area contributed by atoms with E-state index in [2.05, 4.69) is 29.9 Å². The highest BCUT2D eigenvalue weighted by atomic mass is 28.3. The highest BCUT2D eigenvalue weighted by molar-refractivity contribution is 6.76. The minimum atomic E-state index is -1.23. The fourth-order valence-electron chi connectivity index (χ4n) is 4.55. The summed E-state index contributed by atoms with van der Waals surface area (Å²) in [6.45, 7) is 7.96. The minimum absolute atomic E-state index is 0.177. The number of carbonyl (C=O) groups is 2. The average molecular weight is 537 g/mol. The number of methoxy groups -OCH3 is 1. The van der Waals surface area contributed by atoms with E-state index in [1.165, 1.54) is 6.42 Å². The molecule has 2 saturated carbocycles. The molecule has 0 spiro atoms. The normalized spacial score (nSPS) is 19.2. The van der Waals surface area contributed by atoms with Crippen molar-refractivity contribution >= 4 is 37.1 Å². The topological polar surface area (TPSA) is 105 Å². The van der Waals surface area contributed by atoms with E-state index in [1.54, 1.807) is 19.4 Å². The molecule has 38 heavy (non-hydrogen) atoms. The third-order valence-electron chi connectivity index (χ3n) is 7.24. The van der Waals surface area contributed by atoms with Gasteiger partial charge in [0.2, 0.25) is 11.8 Å². The van der Waals surface area contributed by atoms with E-state index in [0.717, 1.165) is 47.4 Å². The Morgan fingerprint density at radius 2 is 2.05 bits per heavy atom. The molecule has 1 N–H and O–H groups in total. The SMILES string of the molecule is COc1nccc(OC2CCC2)c1-c1cn(COCC[Si](C)(C)C)c2nc(NC(=O)C3CC3C=O)ccc12. The molecule has 1 amide bonds. The van der Waals surface area contributed by atoms with E-state index in [0.29, 0.717) is 37.1 Å². The van der Waals surface area contributed by atoms with Crippen LogP contribution in [0.5, 0.6) is 11.6 Å². The summed E-state index contributed by atoms with van der Waals surface area (Å²) in [5.41, 5.74) is 2.33. The van der Waals surface area contributed by atoms with Gasteiger partial charge in [-0.3, -0.25) is 4.79 Å². The Morgan fingerprint density at radius 1 is 1.24 bits per heavy atom. The van der Waals surface area contributed by atoms with Crippen molar-refractivity contribution in [2.24, 2.45) is 11.8 Å². The van der Waals surface area contributed by atoms with Crippen molar-refractivity contribution in [3.8, 4) is 22.8 Å². The van der Waals surface area contributed by atoms with Crippen LogP contribution in [0.15, 0.2) is 30.6 Å². The molecule has 3 aromatic rings. The summed E-state index contributed by atoms with van der Waals surface area (Å²) >= 11 is 0. The van der Waals surface area contributed by atoms with Crippen LogP contribution in [0.2, 0.25) is 25.7 Å². The van der Waals surface area contributed by atoms with Gasteiger partial charge in [0.05, 0.1) is 18.8 Å². The second kappa shape index (κ2) is 10.9. The Hall–Kier alpha value is -3.24. The van der Waals surface area contributed by atoms with E-state index in [4.69, 9.17) is 19.2 Å².